The van der Waals surface area contributed by atoms with E-state index in [0.29, 0.717) is 16.3 Å². The van der Waals surface area contributed by atoms with E-state index in [9.17, 15) is 4.79 Å². The third kappa shape index (κ3) is 3.01. The maximum Gasteiger partial charge on any atom is 0.258 e. The van der Waals surface area contributed by atoms with Gasteiger partial charge in [-0.15, -0.1) is 11.3 Å². The minimum absolute atomic E-state index is 0.379. The third-order valence-electron chi connectivity index (χ3n) is 4.33. The first-order chi connectivity index (χ1) is 13.1. The number of nitriles is 1. The zero-order valence-electron chi connectivity index (χ0n) is 14.1. The maximum atomic E-state index is 11.6. The van der Waals surface area contributed by atoms with Gasteiger partial charge in [0.25, 0.3) is 5.91 Å². The lowest BCUT2D eigenvalue weighted by Crippen LogP contribution is -2.08. The number of aromatic nitrogens is 1. The molecular formula is C21H14N4OS. The van der Waals surface area contributed by atoms with E-state index in [-0.39, 0.29) is 0 Å². The second-order valence-electron chi connectivity index (χ2n) is 6.05. The predicted octanol–water partition coefficient (Wildman–Crippen LogP) is 4.18. The second kappa shape index (κ2) is 6.56. The van der Waals surface area contributed by atoms with Gasteiger partial charge in [0, 0.05) is 17.1 Å². The lowest BCUT2D eigenvalue weighted by Gasteiger charge is -2.08. The summed E-state index contributed by atoms with van der Waals surface area (Å²) in [6.07, 6.45) is 1.71. The molecule has 6 heteroatoms. The van der Waals surface area contributed by atoms with Gasteiger partial charge in [0.1, 0.15) is 5.82 Å². The predicted molar refractivity (Wildman–Crippen MR) is 108 cm³/mol. The third-order valence-corrected chi connectivity index (χ3v) is 5.50. The Kier molecular flexibility index (Phi) is 4.07. The molecule has 2 heterocycles. The van der Waals surface area contributed by atoms with E-state index in [1.807, 2.05) is 42.5 Å². The standard InChI is InChI=1S/C21H14N4OS/c22-10-12-3-1-4-13(7-12)14-5-2-6-15(8-14)17-11-25-20(23)19-16(17)9-18(27-19)21(24)26/h1-9,11H,(H2,23,25)(H2,24,26). The number of anilines is 1. The van der Waals surface area contributed by atoms with Crippen LogP contribution < -0.4 is 11.5 Å². The zero-order chi connectivity index (χ0) is 19.0. The Morgan fingerprint density at radius 3 is 2.48 bits per heavy atom. The number of fused-ring (bicyclic) bond motifs is 1. The van der Waals surface area contributed by atoms with Crippen LogP contribution in [0.4, 0.5) is 5.82 Å². The summed E-state index contributed by atoms with van der Waals surface area (Å²) in [5, 5.41) is 9.98. The van der Waals surface area contributed by atoms with Gasteiger partial charge in [-0.3, -0.25) is 4.79 Å². The van der Waals surface area contributed by atoms with Crippen LogP contribution in [0.5, 0.6) is 0 Å². The molecule has 1 amide bonds. The number of thiophene rings is 1. The number of primary amides is 1. The number of nitrogens with two attached hydrogens (primary N) is 2. The van der Waals surface area contributed by atoms with Crippen molar-refractivity contribution in [2.24, 2.45) is 5.73 Å². The monoisotopic (exact) mass is 370 g/mol. The number of nitrogen functional groups attached to an aromatic ring is 1. The summed E-state index contributed by atoms with van der Waals surface area (Å²) in [6, 6.07) is 19.3. The van der Waals surface area contributed by atoms with Gasteiger partial charge in [0.2, 0.25) is 0 Å². The molecule has 0 aliphatic heterocycles. The average molecular weight is 370 g/mol. The van der Waals surface area contributed by atoms with Crippen molar-refractivity contribution in [3.05, 3.63) is 71.2 Å². The molecule has 0 unspecified atom stereocenters. The highest BCUT2D eigenvalue weighted by atomic mass is 32.1. The van der Waals surface area contributed by atoms with Gasteiger partial charge in [0.15, 0.2) is 0 Å². The van der Waals surface area contributed by atoms with Crippen molar-refractivity contribution < 1.29 is 4.79 Å². The first-order valence-electron chi connectivity index (χ1n) is 8.15. The topological polar surface area (TPSA) is 106 Å². The van der Waals surface area contributed by atoms with Crippen molar-refractivity contribution >= 4 is 33.1 Å². The summed E-state index contributed by atoms with van der Waals surface area (Å²) in [7, 11) is 0. The van der Waals surface area contributed by atoms with Crippen molar-refractivity contribution in [2.75, 3.05) is 5.73 Å². The summed E-state index contributed by atoms with van der Waals surface area (Å²) >= 11 is 1.25. The number of nitrogens with zero attached hydrogens (tertiary/aromatic N) is 2. The fraction of sp³-hybridized carbons (Fsp3) is 0. The smallest absolute Gasteiger partial charge is 0.258 e. The number of hydrogen-bond donors (Lipinski definition) is 2. The van der Waals surface area contributed by atoms with Crippen LogP contribution in [0.15, 0.2) is 60.8 Å². The zero-order valence-corrected chi connectivity index (χ0v) is 15.0. The van der Waals surface area contributed by atoms with Crippen LogP contribution in [0.25, 0.3) is 32.3 Å². The molecule has 0 aliphatic carbocycles. The summed E-state index contributed by atoms with van der Waals surface area (Å²) in [6.45, 7) is 0. The van der Waals surface area contributed by atoms with E-state index < -0.39 is 5.91 Å². The Labute approximate surface area is 159 Å². The summed E-state index contributed by atoms with van der Waals surface area (Å²) in [5.74, 6) is -0.104. The maximum absolute atomic E-state index is 11.6. The normalized spacial score (nSPS) is 10.6. The molecule has 0 radical (unpaired) electrons. The van der Waals surface area contributed by atoms with Crippen molar-refractivity contribution in [3.63, 3.8) is 0 Å². The van der Waals surface area contributed by atoms with E-state index in [2.05, 4.69) is 11.1 Å². The number of benzene rings is 2. The Balaban J connectivity index is 1.88. The number of hydrogen-bond acceptors (Lipinski definition) is 5. The van der Waals surface area contributed by atoms with E-state index in [1.54, 1.807) is 18.3 Å². The summed E-state index contributed by atoms with van der Waals surface area (Å²) in [5.41, 5.74) is 15.8. The molecule has 2 aromatic carbocycles. The van der Waals surface area contributed by atoms with Gasteiger partial charge >= 0.3 is 0 Å². The number of pyridine rings is 1. The van der Waals surface area contributed by atoms with Crippen LogP contribution in [-0.4, -0.2) is 10.9 Å². The minimum atomic E-state index is -0.483. The Morgan fingerprint density at radius 1 is 1.04 bits per heavy atom. The first-order valence-corrected chi connectivity index (χ1v) is 8.97. The van der Waals surface area contributed by atoms with Crippen molar-refractivity contribution in [3.8, 4) is 28.3 Å². The molecule has 4 aromatic rings. The number of carbonyl (C=O) groups excluding carboxylic acids is 1. The molecule has 0 bridgehead atoms. The average Bonchev–Trinajstić information content (AvgIpc) is 3.15. The van der Waals surface area contributed by atoms with Crippen LogP contribution in [0.1, 0.15) is 15.2 Å². The van der Waals surface area contributed by atoms with Crippen LogP contribution in [0.3, 0.4) is 0 Å². The molecule has 4 rings (SSSR count). The fourth-order valence-corrected chi connectivity index (χ4v) is 3.96. The molecule has 130 valence electrons. The molecule has 2 aromatic heterocycles. The Morgan fingerprint density at radius 2 is 1.74 bits per heavy atom. The molecule has 0 saturated carbocycles. The van der Waals surface area contributed by atoms with Crippen molar-refractivity contribution in [1.82, 2.24) is 4.98 Å². The van der Waals surface area contributed by atoms with E-state index in [0.717, 1.165) is 32.3 Å². The quantitative estimate of drug-likeness (QED) is 0.564. The molecular weight excluding hydrogens is 356 g/mol. The van der Waals surface area contributed by atoms with Gasteiger partial charge in [0.05, 0.1) is 21.2 Å². The van der Waals surface area contributed by atoms with Gasteiger partial charge < -0.3 is 11.5 Å². The van der Waals surface area contributed by atoms with Gasteiger partial charge in [-0.1, -0.05) is 30.3 Å². The highest BCUT2D eigenvalue weighted by Crippen LogP contribution is 2.37. The van der Waals surface area contributed by atoms with Crippen molar-refractivity contribution in [2.45, 2.75) is 0 Å². The van der Waals surface area contributed by atoms with Crippen molar-refractivity contribution in [1.29, 1.82) is 5.26 Å². The van der Waals surface area contributed by atoms with E-state index in [1.165, 1.54) is 11.3 Å². The van der Waals surface area contributed by atoms with Crippen LogP contribution >= 0.6 is 11.3 Å². The largest absolute Gasteiger partial charge is 0.383 e. The van der Waals surface area contributed by atoms with Gasteiger partial charge in [-0.25, -0.2) is 4.98 Å². The van der Waals surface area contributed by atoms with Crippen LogP contribution in [-0.2, 0) is 0 Å². The number of rotatable bonds is 3. The highest BCUT2D eigenvalue weighted by molar-refractivity contribution is 7.21. The fourth-order valence-electron chi connectivity index (χ4n) is 3.03. The Bertz CT molecular complexity index is 1240. The minimum Gasteiger partial charge on any atom is -0.383 e. The molecule has 0 atom stereocenters. The summed E-state index contributed by atoms with van der Waals surface area (Å²) in [4.78, 5) is 16.3. The molecule has 0 aliphatic rings. The molecule has 0 fully saturated rings. The number of carbonyl (C=O) groups is 1. The van der Waals surface area contributed by atoms with Gasteiger partial charge in [-0.05, 0) is 41.0 Å². The van der Waals surface area contributed by atoms with Gasteiger partial charge in [-0.2, -0.15) is 5.26 Å². The lowest BCUT2D eigenvalue weighted by molar-refractivity contribution is 0.100. The molecule has 27 heavy (non-hydrogen) atoms. The van der Waals surface area contributed by atoms with Crippen LogP contribution in [0, 0.1) is 11.3 Å². The lowest BCUT2D eigenvalue weighted by atomic mass is 9.97. The summed E-state index contributed by atoms with van der Waals surface area (Å²) < 4.78 is 0.748. The SMILES string of the molecule is N#Cc1cccc(-c2cccc(-c3cnc(N)c4sc(C(N)=O)cc34)c2)c1. The molecule has 0 spiro atoms. The molecule has 4 N–H and O–H groups in total. The molecule has 5 nitrogen and oxygen atoms in total. The van der Waals surface area contributed by atoms with E-state index >= 15 is 0 Å². The van der Waals surface area contributed by atoms with E-state index in [4.69, 9.17) is 16.7 Å². The Hall–Kier alpha value is -3.69. The number of amides is 1. The second-order valence-corrected chi connectivity index (χ2v) is 7.10. The van der Waals surface area contributed by atoms with Crippen LogP contribution in [0.2, 0.25) is 0 Å². The first kappa shape index (κ1) is 16.8. The highest BCUT2D eigenvalue weighted by Gasteiger charge is 2.14. The molecule has 0 saturated heterocycles.